The Bertz CT molecular complexity index is 746. The first-order valence-electron chi connectivity index (χ1n) is 8.79. The number of hydrogen-bond acceptors (Lipinski definition) is 6. The number of aryl methyl sites for hydroxylation is 2. The minimum Gasteiger partial charge on any atom is -0.463 e. The molecule has 2 heterocycles. The van der Waals surface area contributed by atoms with Crippen LogP contribution in [0.4, 0.5) is 4.79 Å². The highest BCUT2D eigenvalue weighted by molar-refractivity contribution is 7.14. The van der Waals surface area contributed by atoms with Gasteiger partial charge in [0, 0.05) is 4.88 Å². The molecule has 0 saturated heterocycles. The van der Waals surface area contributed by atoms with Gasteiger partial charge in [-0.15, -0.1) is 11.3 Å². The van der Waals surface area contributed by atoms with Crippen molar-refractivity contribution in [2.45, 2.75) is 45.6 Å². The molecular weight excluding hydrogens is 356 g/mol. The fourth-order valence-corrected chi connectivity index (χ4v) is 4.36. The second-order valence-corrected chi connectivity index (χ2v) is 7.30. The summed E-state index contributed by atoms with van der Waals surface area (Å²) in [6.07, 6.45) is 3.66. The summed E-state index contributed by atoms with van der Waals surface area (Å²) < 4.78 is 10.5. The van der Waals surface area contributed by atoms with Gasteiger partial charge in [0.1, 0.15) is 11.5 Å². The van der Waals surface area contributed by atoms with Crippen LogP contribution in [0.15, 0.2) is 17.3 Å². The van der Waals surface area contributed by atoms with Gasteiger partial charge in [0.15, 0.2) is 0 Å². The summed E-state index contributed by atoms with van der Waals surface area (Å²) in [6, 6.07) is 0.985. The van der Waals surface area contributed by atoms with Crippen LogP contribution >= 0.6 is 11.3 Å². The number of nitrogens with one attached hydrogen (secondary N) is 2. The highest BCUT2D eigenvalue weighted by Gasteiger charge is 2.32. The lowest BCUT2D eigenvalue weighted by molar-refractivity contribution is -0.139. The highest BCUT2D eigenvalue weighted by atomic mass is 32.1. The van der Waals surface area contributed by atoms with Crippen LogP contribution in [0.3, 0.4) is 0 Å². The summed E-state index contributed by atoms with van der Waals surface area (Å²) in [7, 11) is 0. The Kier molecular flexibility index (Phi) is 5.61. The van der Waals surface area contributed by atoms with E-state index < -0.39 is 24.0 Å². The smallest absolute Gasteiger partial charge is 0.348 e. The van der Waals surface area contributed by atoms with Crippen LogP contribution in [0.2, 0.25) is 0 Å². The lowest BCUT2D eigenvalue weighted by Gasteiger charge is -2.28. The first-order valence-corrected chi connectivity index (χ1v) is 9.61. The van der Waals surface area contributed by atoms with Gasteiger partial charge in [-0.25, -0.2) is 14.4 Å². The molecule has 3 rings (SSSR count). The van der Waals surface area contributed by atoms with Gasteiger partial charge in [0.05, 0.1) is 23.9 Å². The lowest BCUT2D eigenvalue weighted by Crippen LogP contribution is -2.51. The number of amides is 2. The average molecular weight is 378 g/mol. The molecule has 8 heteroatoms. The monoisotopic (exact) mass is 378 g/mol. The Morgan fingerprint density at radius 1 is 1.23 bits per heavy atom. The molecule has 0 saturated carbocycles. The number of fused-ring (bicyclic) bond motifs is 1. The molecular formula is C18H22N2O5S. The maximum atomic E-state index is 12.3. The third kappa shape index (κ3) is 3.75. The highest BCUT2D eigenvalue weighted by Crippen LogP contribution is 2.31. The van der Waals surface area contributed by atoms with Gasteiger partial charge in [-0.3, -0.25) is 0 Å². The first kappa shape index (κ1) is 18.4. The number of rotatable bonds is 6. The maximum Gasteiger partial charge on any atom is 0.348 e. The summed E-state index contributed by atoms with van der Waals surface area (Å²) in [5.41, 5.74) is 1.79. The molecule has 26 heavy (non-hydrogen) atoms. The van der Waals surface area contributed by atoms with Gasteiger partial charge in [-0.05, 0) is 44.2 Å². The van der Waals surface area contributed by atoms with Crippen LogP contribution in [0.5, 0.6) is 0 Å². The number of carbonyl (C=O) groups excluding carboxylic acids is 3. The van der Waals surface area contributed by atoms with Crippen molar-refractivity contribution in [3.05, 3.63) is 32.7 Å². The van der Waals surface area contributed by atoms with Crippen molar-refractivity contribution in [3.8, 4) is 0 Å². The van der Waals surface area contributed by atoms with Crippen LogP contribution in [-0.2, 0) is 27.1 Å². The summed E-state index contributed by atoms with van der Waals surface area (Å²) >= 11 is 1.46. The van der Waals surface area contributed by atoms with E-state index in [2.05, 4.69) is 10.6 Å². The topological polar surface area (TPSA) is 93.7 Å². The molecule has 2 N–H and O–H groups in total. The molecule has 0 spiro atoms. The zero-order valence-electron chi connectivity index (χ0n) is 14.8. The predicted octanol–water partition coefficient (Wildman–Crippen LogP) is 2.30. The van der Waals surface area contributed by atoms with Gasteiger partial charge in [0.2, 0.25) is 0 Å². The van der Waals surface area contributed by atoms with E-state index in [1.54, 1.807) is 6.92 Å². The average Bonchev–Trinajstić information content (AvgIpc) is 3.21. The summed E-state index contributed by atoms with van der Waals surface area (Å²) in [5, 5.41) is 5.25. The Labute approximate surface area is 155 Å². The minimum atomic E-state index is -0.520. The number of esters is 2. The number of hydrogen-bond donors (Lipinski definition) is 2. The molecule has 0 unspecified atom stereocenters. The third-order valence-corrected chi connectivity index (χ3v) is 5.66. The van der Waals surface area contributed by atoms with E-state index in [4.69, 9.17) is 9.47 Å². The fraction of sp³-hybridized carbons (Fsp3) is 0.500. The molecule has 2 amide bonds. The van der Waals surface area contributed by atoms with Crippen LogP contribution < -0.4 is 10.6 Å². The first-order chi connectivity index (χ1) is 12.5. The Balaban J connectivity index is 1.76. The van der Waals surface area contributed by atoms with Crippen molar-refractivity contribution < 1.29 is 23.9 Å². The van der Waals surface area contributed by atoms with Crippen LogP contribution in [0.1, 0.15) is 46.8 Å². The maximum absolute atomic E-state index is 12.3. The van der Waals surface area contributed by atoms with Gasteiger partial charge >= 0.3 is 18.0 Å². The zero-order valence-corrected chi connectivity index (χ0v) is 15.7. The van der Waals surface area contributed by atoms with E-state index >= 15 is 0 Å². The van der Waals surface area contributed by atoms with Crippen LogP contribution in [0.25, 0.3) is 0 Å². The zero-order chi connectivity index (χ0) is 18.7. The summed E-state index contributed by atoms with van der Waals surface area (Å²) in [4.78, 5) is 38.3. The molecule has 1 aromatic heterocycles. The Hall–Kier alpha value is -2.35. The Morgan fingerprint density at radius 3 is 2.73 bits per heavy atom. The Morgan fingerprint density at radius 2 is 2.04 bits per heavy atom. The number of thiophene rings is 1. The van der Waals surface area contributed by atoms with Crippen molar-refractivity contribution in [1.29, 1.82) is 0 Å². The molecule has 1 atom stereocenters. The summed E-state index contributed by atoms with van der Waals surface area (Å²) in [5.74, 6) is -0.964. The standard InChI is InChI=1S/C18H22N2O5S/c1-3-11-15(17(22)24-4-2)12(20-18(23)19-11)9-25-16(21)14-8-10-6-5-7-13(10)26-14/h8,11H,3-7,9H2,1-2H3,(H2,19,20,23)/t11-/m0/s1. The molecule has 0 bridgehead atoms. The minimum absolute atomic E-state index is 0.181. The van der Waals surface area contributed by atoms with Gasteiger partial charge in [-0.2, -0.15) is 0 Å². The molecule has 0 aromatic carbocycles. The number of urea groups is 1. The van der Waals surface area contributed by atoms with Crippen molar-refractivity contribution in [2.75, 3.05) is 13.2 Å². The van der Waals surface area contributed by atoms with Crippen molar-refractivity contribution >= 4 is 29.3 Å². The molecule has 1 aromatic rings. The van der Waals surface area contributed by atoms with Gasteiger partial charge in [-0.1, -0.05) is 6.92 Å². The molecule has 0 fully saturated rings. The quantitative estimate of drug-likeness (QED) is 0.741. The van der Waals surface area contributed by atoms with Gasteiger partial charge in [0.25, 0.3) is 0 Å². The van der Waals surface area contributed by atoms with E-state index in [0.717, 1.165) is 19.3 Å². The molecule has 2 aliphatic rings. The number of carbonyl (C=O) groups is 3. The number of ether oxygens (including phenoxy) is 2. The lowest BCUT2D eigenvalue weighted by atomic mass is 10.0. The second kappa shape index (κ2) is 7.90. The predicted molar refractivity (Wildman–Crippen MR) is 96.0 cm³/mol. The van der Waals surface area contributed by atoms with E-state index in [1.165, 1.54) is 21.8 Å². The van der Waals surface area contributed by atoms with Crippen molar-refractivity contribution in [3.63, 3.8) is 0 Å². The van der Waals surface area contributed by atoms with E-state index in [1.807, 2.05) is 13.0 Å². The molecule has 1 aliphatic heterocycles. The second-order valence-electron chi connectivity index (χ2n) is 6.16. The normalized spacial score (nSPS) is 18.8. The van der Waals surface area contributed by atoms with Crippen LogP contribution in [0, 0.1) is 0 Å². The molecule has 0 radical (unpaired) electrons. The van der Waals surface area contributed by atoms with E-state index in [0.29, 0.717) is 16.9 Å². The van der Waals surface area contributed by atoms with Crippen molar-refractivity contribution in [1.82, 2.24) is 10.6 Å². The molecule has 7 nitrogen and oxygen atoms in total. The summed E-state index contributed by atoms with van der Waals surface area (Å²) in [6.45, 7) is 3.61. The third-order valence-electron chi connectivity index (χ3n) is 4.44. The van der Waals surface area contributed by atoms with E-state index in [-0.39, 0.29) is 18.9 Å². The molecule has 1 aliphatic carbocycles. The van der Waals surface area contributed by atoms with Crippen LogP contribution in [-0.4, -0.2) is 37.2 Å². The fourth-order valence-electron chi connectivity index (χ4n) is 3.21. The molecule has 140 valence electrons. The largest absolute Gasteiger partial charge is 0.463 e. The van der Waals surface area contributed by atoms with Gasteiger partial charge < -0.3 is 20.1 Å². The SMILES string of the molecule is CCOC(=O)C1=C(COC(=O)c2cc3c(s2)CCC3)NC(=O)N[C@H]1CC. The van der Waals surface area contributed by atoms with Crippen molar-refractivity contribution in [2.24, 2.45) is 0 Å². The van der Waals surface area contributed by atoms with E-state index in [9.17, 15) is 14.4 Å².